The molecule has 0 heterocycles. The zero-order valence-corrected chi connectivity index (χ0v) is 9.90. The van der Waals surface area contributed by atoms with Crippen LogP contribution in [-0.4, -0.2) is 13.1 Å². The average molecular weight is 218 g/mol. The Hall–Kier alpha value is -1.57. The monoisotopic (exact) mass is 218 g/mol. The largest absolute Gasteiger partial charge is 0.468 e. The Kier molecular flexibility index (Phi) is 4.29. The first-order chi connectivity index (χ1) is 7.71. The van der Waals surface area contributed by atoms with Gasteiger partial charge in [0, 0.05) is 0 Å². The summed E-state index contributed by atoms with van der Waals surface area (Å²) >= 11 is 0. The maximum absolute atomic E-state index is 12.0. The van der Waals surface area contributed by atoms with Crippen molar-refractivity contribution >= 4 is 5.97 Å². The molecule has 86 valence electrons. The standard InChI is InChI=1S/C14H18O2/c1-4-8-12(9-5-2)14(13(15)16-3)10-6-7-11-14/h4-9H,1,10-11H2,2-3H3/b9-5-,12-8+. The fourth-order valence-corrected chi connectivity index (χ4v) is 2.05. The molecule has 0 spiro atoms. The van der Waals surface area contributed by atoms with Crippen molar-refractivity contribution < 1.29 is 9.53 Å². The number of allylic oxidation sites excluding steroid dienone is 6. The molecule has 1 rings (SSSR count). The van der Waals surface area contributed by atoms with Crippen molar-refractivity contribution in [1.29, 1.82) is 0 Å². The average Bonchev–Trinajstić information content (AvgIpc) is 2.78. The van der Waals surface area contributed by atoms with Crippen LogP contribution in [-0.2, 0) is 9.53 Å². The summed E-state index contributed by atoms with van der Waals surface area (Å²) in [5.74, 6) is -0.177. The highest BCUT2D eigenvalue weighted by molar-refractivity contribution is 5.82. The van der Waals surface area contributed by atoms with Crippen LogP contribution in [0.3, 0.4) is 0 Å². The molecule has 0 fully saturated rings. The van der Waals surface area contributed by atoms with Crippen LogP contribution in [0.1, 0.15) is 19.8 Å². The Morgan fingerprint density at radius 2 is 2.06 bits per heavy atom. The summed E-state index contributed by atoms with van der Waals surface area (Å²) in [5, 5.41) is 0. The predicted molar refractivity (Wildman–Crippen MR) is 65.9 cm³/mol. The second-order valence-corrected chi connectivity index (χ2v) is 3.81. The van der Waals surface area contributed by atoms with Crippen molar-refractivity contribution in [2.75, 3.05) is 7.11 Å². The minimum Gasteiger partial charge on any atom is -0.468 e. The summed E-state index contributed by atoms with van der Waals surface area (Å²) in [6.07, 6.45) is 12.9. The molecular weight excluding hydrogens is 200 g/mol. The second-order valence-electron chi connectivity index (χ2n) is 3.81. The first-order valence-corrected chi connectivity index (χ1v) is 5.40. The van der Waals surface area contributed by atoms with E-state index >= 15 is 0 Å². The normalized spacial score (nSPS) is 19.0. The molecule has 0 amide bonds. The van der Waals surface area contributed by atoms with Gasteiger partial charge in [0.1, 0.15) is 0 Å². The number of hydrogen-bond donors (Lipinski definition) is 0. The van der Waals surface area contributed by atoms with Crippen molar-refractivity contribution in [1.82, 2.24) is 0 Å². The molecular formula is C14H18O2. The van der Waals surface area contributed by atoms with Crippen LogP contribution >= 0.6 is 0 Å². The number of esters is 1. The maximum Gasteiger partial charge on any atom is 0.316 e. The summed E-state index contributed by atoms with van der Waals surface area (Å²) in [7, 11) is 1.43. The third-order valence-electron chi connectivity index (χ3n) is 2.87. The molecule has 0 radical (unpaired) electrons. The van der Waals surface area contributed by atoms with Gasteiger partial charge in [0.25, 0.3) is 0 Å². The van der Waals surface area contributed by atoms with Gasteiger partial charge in [-0.2, -0.15) is 0 Å². The molecule has 0 unspecified atom stereocenters. The van der Waals surface area contributed by atoms with Crippen LogP contribution in [0.15, 0.2) is 48.6 Å². The van der Waals surface area contributed by atoms with Gasteiger partial charge in [-0.25, -0.2) is 0 Å². The lowest BCUT2D eigenvalue weighted by Gasteiger charge is -2.27. The zero-order valence-electron chi connectivity index (χ0n) is 9.90. The molecule has 0 aromatic rings. The summed E-state index contributed by atoms with van der Waals surface area (Å²) in [4.78, 5) is 12.0. The number of methoxy groups -OCH3 is 1. The third-order valence-corrected chi connectivity index (χ3v) is 2.87. The van der Waals surface area contributed by atoms with Gasteiger partial charge in [-0.05, 0) is 25.3 Å². The number of hydrogen-bond acceptors (Lipinski definition) is 2. The van der Waals surface area contributed by atoms with Gasteiger partial charge in [-0.15, -0.1) is 0 Å². The first-order valence-electron chi connectivity index (χ1n) is 5.40. The van der Waals surface area contributed by atoms with Crippen LogP contribution < -0.4 is 0 Å². The van der Waals surface area contributed by atoms with Crippen molar-refractivity contribution in [2.24, 2.45) is 5.41 Å². The molecule has 0 saturated heterocycles. The molecule has 0 N–H and O–H groups in total. The van der Waals surface area contributed by atoms with Crippen LogP contribution in [0.5, 0.6) is 0 Å². The van der Waals surface area contributed by atoms with Crippen LogP contribution in [0, 0.1) is 5.41 Å². The lowest BCUT2D eigenvalue weighted by molar-refractivity contribution is -0.149. The van der Waals surface area contributed by atoms with Gasteiger partial charge in [0.05, 0.1) is 12.5 Å². The van der Waals surface area contributed by atoms with E-state index < -0.39 is 5.41 Å². The van der Waals surface area contributed by atoms with Gasteiger partial charge in [-0.3, -0.25) is 4.79 Å². The van der Waals surface area contributed by atoms with Gasteiger partial charge in [-0.1, -0.05) is 43.0 Å². The van der Waals surface area contributed by atoms with Gasteiger partial charge >= 0.3 is 5.97 Å². The fraction of sp³-hybridized carbons (Fsp3) is 0.357. The van der Waals surface area contributed by atoms with Crippen molar-refractivity contribution in [3.05, 3.63) is 48.6 Å². The van der Waals surface area contributed by atoms with E-state index in [-0.39, 0.29) is 5.97 Å². The number of ether oxygens (including phenoxy) is 1. The fourth-order valence-electron chi connectivity index (χ4n) is 2.05. The minimum absolute atomic E-state index is 0.177. The molecule has 0 atom stereocenters. The highest BCUT2D eigenvalue weighted by Gasteiger charge is 2.42. The molecule has 0 bridgehead atoms. The zero-order chi connectivity index (χ0) is 12.0. The Morgan fingerprint density at radius 3 is 2.50 bits per heavy atom. The lowest BCUT2D eigenvalue weighted by atomic mass is 9.77. The van der Waals surface area contributed by atoms with E-state index in [9.17, 15) is 4.79 Å². The van der Waals surface area contributed by atoms with Crippen LogP contribution in [0.2, 0.25) is 0 Å². The van der Waals surface area contributed by atoms with Gasteiger partial charge < -0.3 is 4.74 Å². The van der Waals surface area contributed by atoms with E-state index in [1.165, 1.54) is 7.11 Å². The van der Waals surface area contributed by atoms with Crippen molar-refractivity contribution in [2.45, 2.75) is 19.8 Å². The predicted octanol–water partition coefficient (Wildman–Crippen LogP) is 3.18. The highest BCUT2D eigenvalue weighted by atomic mass is 16.5. The molecule has 0 saturated carbocycles. The number of carbonyl (C=O) groups is 1. The minimum atomic E-state index is -0.546. The molecule has 0 aromatic carbocycles. The lowest BCUT2D eigenvalue weighted by Crippen LogP contribution is -2.31. The molecule has 1 aliphatic rings. The summed E-state index contributed by atoms with van der Waals surface area (Å²) < 4.78 is 4.92. The maximum atomic E-state index is 12.0. The molecule has 16 heavy (non-hydrogen) atoms. The molecule has 0 aliphatic heterocycles. The van der Waals surface area contributed by atoms with E-state index in [1.54, 1.807) is 6.08 Å². The van der Waals surface area contributed by atoms with E-state index in [4.69, 9.17) is 4.74 Å². The highest BCUT2D eigenvalue weighted by Crippen LogP contribution is 2.42. The topological polar surface area (TPSA) is 26.3 Å². The summed E-state index contributed by atoms with van der Waals surface area (Å²) in [6, 6.07) is 0. The smallest absolute Gasteiger partial charge is 0.316 e. The van der Waals surface area contributed by atoms with Crippen LogP contribution in [0.25, 0.3) is 0 Å². The number of carbonyl (C=O) groups excluding carboxylic acids is 1. The molecule has 0 aromatic heterocycles. The van der Waals surface area contributed by atoms with E-state index in [0.29, 0.717) is 12.8 Å². The summed E-state index contributed by atoms with van der Waals surface area (Å²) in [5.41, 5.74) is 0.414. The SMILES string of the molecule is C=C/C=C(\C=C/C)C1(C(=O)OC)CC=CC1. The quantitative estimate of drug-likeness (QED) is 0.411. The van der Waals surface area contributed by atoms with Crippen molar-refractivity contribution in [3.8, 4) is 0 Å². The Labute approximate surface area is 97.0 Å². The van der Waals surface area contributed by atoms with E-state index in [2.05, 4.69) is 6.58 Å². The molecule has 2 heteroatoms. The van der Waals surface area contributed by atoms with E-state index in [1.807, 2.05) is 37.3 Å². The van der Waals surface area contributed by atoms with Crippen molar-refractivity contribution in [3.63, 3.8) is 0 Å². The summed E-state index contributed by atoms with van der Waals surface area (Å²) in [6.45, 7) is 5.62. The molecule has 1 aliphatic carbocycles. The molecule has 2 nitrogen and oxygen atoms in total. The van der Waals surface area contributed by atoms with Gasteiger partial charge in [0.15, 0.2) is 0 Å². The third kappa shape index (κ3) is 2.16. The Balaban J connectivity index is 3.14. The first kappa shape index (κ1) is 12.5. The Morgan fingerprint density at radius 1 is 1.44 bits per heavy atom. The van der Waals surface area contributed by atoms with Gasteiger partial charge in [0.2, 0.25) is 0 Å². The van der Waals surface area contributed by atoms with Crippen LogP contribution in [0.4, 0.5) is 0 Å². The van der Waals surface area contributed by atoms with E-state index in [0.717, 1.165) is 5.57 Å². The second kappa shape index (κ2) is 5.50. The Bertz CT molecular complexity index is 351. The number of rotatable bonds is 4.